The minimum Gasteiger partial charge on any atom is -0.387 e. The number of hydrogen-bond donors (Lipinski definition) is 0. The highest BCUT2D eigenvalue weighted by Crippen LogP contribution is 2.34. The van der Waals surface area contributed by atoms with Crippen LogP contribution in [0.4, 0.5) is 0 Å². The van der Waals surface area contributed by atoms with Crippen molar-refractivity contribution in [1.29, 1.82) is 5.26 Å². The molecule has 0 amide bonds. The number of rotatable bonds is 5. The molecule has 0 spiro atoms. The Labute approximate surface area is 172 Å². The van der Waals surface area contributed by atoms with Gasteiger partial charge in [-0.15, -0.1) is 5.26 Å². The molecule has 0 saturated heterocycles. The topological polar surface area (TPSA) is 33.0 Å². The van der Waals surface area contributed by atoms with Crippen LogP contribution < -0.4 is 4.74 Å². The molecular formula is C27H23NO. The molecule has 2 nitrogen and oxygen atoms in total. The van der Waals surface area contributed by atoms with E-state index in [1.165, 1.54) is 27.6 Å². The molecule has 0 bridgehead atoms. The van der Waals surface area contributed by atoms with Gasteiger partial charge in [-0.2, -0.15) is 0 Å². The van der Waals surface area contributed by atoms with Crippen molar-refractivity contribution >= 4 is 10.8 Å². The van der Waals surface area contributed by atoms with Gasteiger partial charge in [0.2, 0.25) is 0 Å². The number of fused-ring (bicyclic) bond motifs is 1. The van der Waals surface area contributed by atoms with Crippen molar-refractivity contribution in [2.24, 2.45) is 0 Å². The summed E-state index contributed by atoms with van der Waals surface area (Å²) in [6.45, 7) is 4.20. The number of nitrogens with zero attached hydrogens (tertiary/aromatic N) is 1. The van der Waals surface area contributed by atoms with Crippen LogP contribution in [0.5, 0.6) is 5.75 Å². The fourth-order valence-corrected chi connectivity index (χ4v) is 3.99. The van der Waals surface area contributed by atoms with E-state index in [4.69, 9.17) is 4.74 Å². The van der Waals surface area contributed by atoms with Crippen molar-refractivity contribution in [2.75, 3.05) is 0 Å². The highest BCUT2D eigenvalue weighted by molar-refractivity contribution is 5.89. The lowest BCUT2D eigenvalue weighted by molar-refractivity contribution is 0.498. The van der Waals surface area contributed by atoms with Gasteiger partial charge in [0.1, 0.15) is 5.75 Å². The Bertz CT molecular complexity index is 1200. The molecule has 0 unspecified atom stereocenters. The molecule has 0 atom stereocenters. The predicted molar refractivity (Wildman–Crippen MR) is 119 cm³/mol. The van der Waals surface area contributed by atoms with E-state index in [1.54, 1.807) is 0 Å². The third kappa shape index (κ3) is 3.86. The number of aryl methyl sites for hydroxylation is 2. The summed E-state index contributed by atoms with van der Waals surface area (Å²) >= 11 is 0. The molecule has 4 aromatic carbocycles. The maximum atomic E-state index is 9.21. The van der Waals surface area contributed by atoms with Crippen molar-refractivity contribution in [3.05, 3.63) is 101 Å². The second-order valence-corrected chi connectivity index (χ2v) is 7.34. The van der Waals surface area contributed by atoms with Gasteiger partial charge in [0.25, 0.3) is 6.26 Å². The Morgan fingerprint density at radius 2 is 1.55 bits per heavy atom. The third-order valence-electron chi connectivity index (χ3n) is 5.44. The van der Waals surface area contributed by atoms with Gasteiger partial charge in [-0.1, -0.05) is 79.7 Å². The summed E-state index contributed by atoms with van der Waals surface area (Å²) in [4.78, 5) is 0. The van der Waals surface area contributed by atoms with Gasteiger partial charge < -0.3 is 4.74 Å². The van der Waals surface area contributed by atoms with Crippen molar-refractivity contribution < 1.29 is 4.74 Å². The molecule has 4 aromatic rings. The number of hydrogen-bond acceptors (Lipinski definition) is 2. The Kier molecular flexibility index (Phi) is 5.31. The monoisotopic (exact) mass is 377 g/mol. The summed E-state index contributed by atoms with van der Waals surface area (Å²) in [5, 5.41) is 11.5. The molecule has 0 heterocycles. The molecule has 0 aliphatic heterocycles. The highest BCUT2D eigenvalue weighted by Gasteiger charge is 2.14. The quantitative estimate of drug-likeness (QED) is 0.357. The molecule has 0 aliphatic carbocycles. The number of benzene rings is 4. The average molecular weight is 377 g/mol. The van der Waals surface area contributed by atoms with Crippen LogP contribution in [0.3, 0.4) is 0 Å². The Morgan fingerprint density at radius 1 is 0.828 bits per heavy atom. The van der Waals surface area contributed by atoms with Crippen LogP contribution in [0.25, 0.3) is 21.9 Å². The lowest BCUT2D eigenvalue weighted by atomic mass is 9.93. The largest absolute Gasteiger partial charge is 0.387 e. The molecular weight excluding hydrogens is 354 g/mol. The van der Waals surface area contributed by atoms with E-state index in [-0.39, 0.29) is 0 Å². The summed E-state index contributed by atoms with van der Waals surface area (Å²) in [5.41, 5.74) is 7.01. The first kappa shape index (κ1) is 18.8. The summed E-state index contributed by atoms with van der Waals surface area (Å²) in [5.74, 6) is 0.675. The predicted octanol–water partition coefficient (Wildman–Crippen LogP) is 6.83. The van der Waals surface area contributed by atoms with Crippen molar-refractivity contribution in [3.63, 3.8) is 0 Å². The number of nitriles is 1. The Hall–Kier alpha value is -3.57. The van der Waals surface area contributed by atoms with Gasteiger partial charge in [-0.3, -0.25) is 0 Å². The second-order valence-electron chi connectivity index (χ2n) is 7.34. The molecule has 0 radical (unpaired) electrons. The zero-order valence-electron chi connectivity index (χ0n) is 16.8. The van der Waals surface area contributed by atoms with Crippen LogP contribution in [-0.2, 0) is 12.8 Å². The molecule has 29 heavy (non-hydrogen) atoms. The van der Waals surface area contributed by atoms with Gasteiger partial charge in [-0.25, -0.2) is 0 Å². The van der Waals surface area contributed by atoms with E-state index in [0.29, 0.717) is 5.75 Å². The molecule has 2 heteroatoms. The van der Waals surface area contributed by atoms with Gasteiger partial charge in [0.05, 0.1) is 0 Å². The second kappa shape index (κ2) is 8.20. The lowest BCUT2D eigenvalue weighted by Crippen LogP contribution is -1.98. The first-order valence-corrected chi connectivity index (χ1v) is 9.95. The fourth-order valence-electron chi connectivity index (χ4n) is 3.99. The summed E-state index contributed by atoms with van der Waals surface area (Å²) < 4.78 is 5.43. The minimum absolute atomic E-state index is 0.675. The van der Waals surface area contributed by atoms with Crippen LogP contribution in [0.1, 0.15) is 29.2 Å². The standard InChI is InChI=1S/C27H23NO/c1-3-20-13-21(15-24(14-20)22-9-5-4-6-10-22)16-25-17-23-11-7-8-12-26(23)19(2)27(25)29-18-28/h4-15,17H,3,16H2,1-2H3. The molecule has 142 valence electrons. The average Bonchev–Trinajstić information content (AvgIpc) is 2.77. The van der Waals surface area contributed by atoms with Gasteiger partial charge in [0, 0.05) is 17.5 Å². The first-order valence-electron chi connectivity index (χ1n) is 9.95. The van der Waals surface area contributed by atoms with E-state index in [0.717, 1.165) is 29.4 Å². The smallest absolute Gasteiger partial charge is 0.292 e. The SMILES string of the molecule is CCc1cc(Cc2cc3ccccc3c(C)c2OC#N)cc(-c2ccccc2)c1. The van der Waals surface area contributed by atoms with Crippen molar-refractivity contribution in [1.82, 2.24) is 0 Å². The minimum atomic E-state index is 0.675. The third-order valence-corrected chi connectivity index (χ3v) is 5.44. The van der Waals surface area contributed by atoms with Crippen LogP contribution >= 0.6 is 0 Å². The summed E-state index contributed by atoms with van der Waals surface area (Å²) in [7, 11) is 0. The van der Waals surface area contributed by atoms with Crippen LogP contribution in [0.15, 0.2) is 78.9 Å². The van der Waals surface area contributed by atoms with Crippen LogP contribution in [0, 0.1) is 18.4 Å². The van der Waals surface area contributed by atoms with E-state index < -0.39 is 0 Å². The Morgan fingerprint density at radius 3 is 2.31 bits per heavy atom. The van der Waals surface area contributed by atoms with Crippen molar-refractivity contribution in [2.45, 2.75) is 26.7 Å². The summed E-state index contributed by atoms with van der Waals surface area (Å²) in [6, 6.07) is 27.6. The lowest BCUT2D eigenvalue weighted by Gasteiger charge is -2.14. The first-order chi connectivity index (χ1) is 14.2. The fraction of sp³-hybridized carbons (Fsp3) is 0.148. The molecule has 0 saturated carbocycles. The van der Waals surface area contributed by atoms with E-state index in [2.05, 4.69) is 67.6 Å². The zero-order chi connectivity index (χ0) is 20.2. The van der Waals surface area contributed by atoms with E-state index in [9.17, 15) is 5.26 Å². The highest BCUT2D eigenvalue weighted by atomic mass is 16.5. The summed E-state index contributed by atoms with van der Waals surface area (Å²) in [6.07, 6.45) is 3.57. The van der Waals surface area contributed by atoms with Crippen LogP contribution in [-0.4, -0.2) is 0 Å². The zero-order valence-corrected chi connectivity index (χ0v) is 16.8. The molecule has 0 aliphatic rings. The molecule has 0 fully saturated rings. The number of ether oxygens (including phenoxy) is 1. The molecule has 0 N–H and O–H groups in total. The van der Waals surface area contributed by atoms with Crippen LogP contribution in [0.2, 0.25) is 0 Å². The van der Waals surface area contributed by atoms with Gasteiger partial charge >= 0.3 is 0 Å². The maximum Gasteiger partial charge on any atom is 0.292 e. The normalized spacial score (nSPS) is 10.7. The van der Waals surface area contributed by atoms with E-state index >= 15 is 0 Å². The van der Waals surface area contributed by atoms with Gasteiger partial charge in [-0.05, 0) is 52.4 Å². The Balaban J connectivity index is 1.82. The van der Waals surface area contributed by atoms with Crippen molar-refractivity contribution in [3.8, 4) is 23.1 Å². The van der Waals surface area contributed by atoms with Gasteiger partial charge in [0.15, 0.2) is 0 Å². The van der Waals surface area contributed by atoms with E-state index in [1.807, 2.05) is 31.4 Å². The molecule has 0 aromatic heterocycles. The maximum absolute atomic E-state index is 9.21. The molecule has 4 rings (SSSR count).